The molecule has 1 heterocycles. The molecule has 0 unspecified atom stereocenters. The molecule has 0 N–H and O–H groups in total. The minimum atomic E-state index is 0.292. The van der Waals surface area contributed by atoms with E-state index in [1.807, 2.05) is 13.8 Å². The number of rotatable bonds is 0. The summed E-state index contributed by atoms with van der Waals surface area (Å²) < 4.78 is 10.1. The zero-order valence-electron chi connectivity index (χ0n) is 4.68. The summed E-state index contributed by atoms with van der Waals surface area (Å²) in [5.41, 5.74) is 0. The fourth-order valence-corrected chi connectivity index (χ4v) is 0.525. The van der Waals surface area contributed by atoms with Crippen LogP contribution < -0.4 is 0 Å². The molecule has 2 atom stereocenters. The summed E-state index contributed by atoms with van der Waals surface area (Å²) in [4.78, 5) is 0. The van der Waals surface area contributed by atoms with E-state index in [1.54, 1.807) is 0 Å². The van der Waals surface area contributed by atoms with Crippen LogP contribution in [0.5, 0.6) is 0 Å². The Morgan fingerprint density at radius 2 is 1.57 bits per heavy atom. The van der Waals surface area contributed by atoms with Crippen LogP contribution in [0.3, 0.4) is 0 Å². The van der Waals surface area contributed by atoms with Gasteiger partial charge in [-0.05, 0) is 13.8 Å². The lowest BCUT2D eigenvalue weighted by atomic mass is 10.3. The van der Waals surface area contributed by atoms with Gasteiger partial charge in [-0.2, -0.15) is 0 Å². The van der Waals surface area contributed by atoms with Crippen LogP contribution in [0.15, 0.2) is 0 Å². The summed E-state index contributed by atoms with van der Waals surface area (Å²) >= 11 is 0. The van der Waals surface area contributed by atoms with Crippen molar-refractivity contribution in [3.05, 3.63) is 0 Å². The van der Waals surface area contributed by atoms with Crippen molar-refractivity contribution in [1.29, 1.82) is 0 Å². The minimum Gasteiger partial charge on any atom is -0.350 e. The van der Waals surface area contributed by atoms with Gasteiger partial charge in [-0.3, -0.25) is 0 Å². The zero-order chi connectivity index (χ0) is 5.28. The Morgan fingerprint density at radius 1 is 1.14 bits per heavy atom. The Morgan fingerprint density at radius 3 is 1.71 bits per heavy atom. The molecule has 1 aliphatic heterocycles. The highest BCUT2D eigenvalue weighted by Crippen LogP contribution is 2.09. The van der Waals surface area contributed by atoms with Crippen molar-refractivity contribution in [2.45, 2.75) is 26.1 Å². The molecule has 0 aromatic carbocycles. The third-order valence-corrected chi connectivity index (χ3v) is 1.32. The Bertz CT molecular complexity index is 55.1. The van der Waals surface area contributed by atoms with Gasteiger partial charge in [0.05, 0.1) is 12.2 Å². The quantitative estimate of drug-likeness (QED) is 0.449. The van der Waals surface area contributed by atoms with E-state index in [0.717, 1.165) is 0 Å². The maximum Gasteiger partial charge on any atom is 0.147 e. The average molecular weight is 102 g/mol. The molecule has 0 aromatic rings. The molecule has 1 aliphatic rings. The van der Waals surface area contributed by atoms with Crippen LogP contribution in [0.2, 0.25) is 0 Å². The number of hydrogen-bond donors (Lipinski definition) is 0. The molecular weight excluding hydrogens is 92.1 g/mol. The summed E-state index contributed by atoms with van der Waals surface area (Å²) in [5.74, 6) is 0. The predicted octanol–water partition coefficient (Wildman–Crippen LogP) is 0.768. The smallest absolute Gasteiger partial charge is 0.147 e. The monoisotopic (exact) mass is 102 g/mol. The molecule has 0 aromatic heterocycles. The molecule has 1 saturated heterocycles. The van der Waals surface area contributed by atoms with Gasteiger partial charge in [0, 0.05) is 0 Å². The first-order valence-corrected chi connectivity index (χ1v) is 2.54. The standard InChI is InChI=1S/C5H10O2/c1-4-5(2)7-3-6-4/h4-5H,3H2,1-2H3/t4-,5-/m1/s1. The molecule has 42 valence electrons. The van der Waals surface area contributed by atoms with Crippen molar-refractivity contribution >= 4 is 0 Å². The van der Waals surface area contributed by atoms with E-state index in [1.165, 1.54) is 0 Å². The van der Waals surface area contributed by atoms with Crippen molar-refractivity contribution in [1.82, 2.24) is 0 Å². The van der Waals surface area contributed by atoms with Gasteiger partial charge in [0.1, 0.15) is 6.79 Å². The fraction of sp³-hybridized carbons (Fsp3) is 1.00. The maximum atomic E-state index is 5.04. The molecule has 2 heteroatoms. The molecular formula is C5H10O2. The summed E-state index contributed by atoms with van der Waals surface area (Å²) in [6.07, 6.45) is 0.583. The van der Waals surface area contributed by atoms with E-state index in [9.17, 15) is 0 Å². The molecule has 7 heavy (non-hydrogen) atoms. The van der Waals surface area contributed by atoms with Gasteiger partial charge < -0.3 is 9.47 Å². The molecule has 0 saturated carbocycles. The van der Waals surface area contributed by atoms with Crippen LogP contribution in [-0.4, -0.2) is 19.0 Å². The molecule has 1 rings (SSSR count). The second kappa shape index (κ2) is 1.80. The third kappa shape index (κ3) is 0.924. The summed E-state index contributed by atoms with van der Waals surface area (Å²) in [5, 5.41) is 0. The second-order valence-electron chi connectivity index (χ2n) is 1.86. The minimum absolute atomic E-state index is 0.292. The van der Waals surface area contributed by atoms with Gasteiger partial charge in [-0.25, -0.2) is 0 Å². The lowest BCUT2D eigenvalue weighted by Crippen LogP contribution is -2.13. The SMILES string of the molecule is C[C@H]1OCO[C@@H]1C. The molecule has 0 spiro atoms. The highest BCUT2D eigenvalue weighted by Gasteiger charge is 2.18. The summed E-state index contributed by atoms with van der Waals surface area (Å²) in [6.45, 7) is 4.50. The van der Waals surface area contributed by atoms with Crippen LogP contribution in [0.25, 0.3) is 0 Å². The van der Waals surface area contributed by atoms with Crippen LogP contribution in [0.4, 0.5) is 0 Å². The van der Waals surface area contributed by atoms with Gasteiger partial charge >= 0.3 is 0 Å². The zero-order valence-corrected chi connectivity index (χ0v) is 4.68. The molecule has 0 aliphatic carbocycles. The number of hydrogen-bond acceptors (Lipinski definition) is 2. The summed E-state index contributed by atoms with van der Waals surface area (Å²) in [7, 11) is 0. The lowest BCUT2D eigenvalue weighted by molar-refractivity contribution is 0.0433. The molecule has 0 radical (unpaired) electrons. The molecule has 2 nitrogen and oxygen atoms in total. The van der Waals surface area contributed by atoms with E-state index in [2.05, 4.69) is 0 Å². The van der Waals surface area contributed by atoms with E-state index < -0.39 is 0 Å². The highest BCUT2D eigenvalue weighted by molar-refractivity contribution is 4.62. The van der Waals surface area contributed by atoms with E-state index in [-0.39, 0.29) is 0 Å². The van der Waals surface area contributed by atoms with Crippen molar-refractivity contribution < 1.29 is 9.47 Å². The number of ether oxygens (including phenoxy) is 2. The Balaban J connectivity index is 2.33. The molecule has 1 fully saturated rings. The van der Waals surface area contributed by atoms with E-state index >= 15 is 0 Å². The van der Waals surface area contributed by atoms with E-state index in [4.69, 9.17) is 9.47 Å². The van der Waals surface area contributed by atoms with Gasteiger partial charge in [0.15, 0.2) is 0 Å². The van der Waals surface area contributed by atoms with Crippen molar-refractivity contribution in [2.75, 3.05) is 6.79 Å². The Hall–Kier alpha value is -0.0800. The van der Waals surface area contributed by atoms with Crippen LogP contribution >= 0.6 is 0 Å². The topological polar surface area (TPSA) is 18.5 Å². The van der Waals surface area contributed by atoms with Gasteiger partial charge in [0.25, 0.3) is 0 Å². The van der Waals surface area contributed by atoms with E-state index in [0.29, 0.717) is 19.0 Å². The second-order valence-corrected chi connectivity index (χ2v) is 1.86. The maximum absolute atomic E-state index is 5.04. The molecule has 0 bridgehead atoms. The fourth-order valence-electron chi connectivity index (χ4n) is 0.525. The highest BCUT2D eigenvalue weighted by atomic mass is 16.7. The molecule has 0 amide bonds. The van der Waals surface area contributed by atoms with Gasteiger partial charge in [0.2, 0.25) is 0 Å². The normalized spacial score (nSPS) is 42.0. The van der Waals surface area contributed by atoms with Crippen molar-refractivity contribution in [3.8, 4) is 0 Å². The van der Waals surface area contributed by atoms with Crippen LogP contribution in [-0.2, 0) is 9.47 Å². The van der Waals surface area contributed by atoms with Crippen molar-refractivity contribution in [2.24, 2.45) is 0 Å². The van der Waals surface area contributed by atoms with Crippen molar-refractivity contribution in [3.63, 3.8) is 0 Å². The van der Waals surface area contributed by atoms with Crippen LogP contribution in [0.1, 0.15) is 13.8 Å². The summed E-state index contributed by atoms with van der Waals surface area (Å²) in [6, 6.07) is 0. The van der Waals surface area contributed by atoms with Gasteiger partial charge in [-0.1, -0.05) is 0 Å². The predicted molar refractivity (Wildman–Crippen MR) is 26.0 cm³/mol. The lowest BCUT2D eigenvalue weighted by Gasteiger charge is -2.02. The largest absolute Gasteiger partial charge is 0.350 e. The first kappa shape index (κ1) is 5.06. The Labute approximate surface area is 43.4 Å². The van der Waals surface area contributed by atoms with Crippen LogP contribution in [0, 0.1) is 0 Å². The average Bonchev–Trinajstić information content (AvgIpc) is 1.91. The van der Waals surface area contributed by atoms with Gasteiger partial charge in [-0.15, -0.1) is 0 Å². The Kier molecular flexibility index (Phi) is 1.30. The first-order chi connectivity index (χ1) is 3.30. The third-order valence-electron chi connectivity index (χ3n) is 1.32. The first-order valence-electron chi connectivity index (χ1n) is 2.54.